The van der Waals surface area contributed by atoms with Crippen LogP contribution in [0.3, 0.4) is 0 Å². The number of benzene rings is 2. The van der Waals surface area contributed by atoms with Crippen LogP contribution >= 0.6 is 0 Å². The lowest BCUT2D eigenvalue weighted by atomic mass is 10.1. The van der Waals surface area contributed by atoms with E-state index < -0.39 is 10.0 Å². The molecule has 3 aromatic rings. The van der Waals surface area contributed by atoms with Gasteiger partial charge < -0.3 is 9.64 Å². The van der Waals surface area contributed by atoms with E-state index in [1.807, 2.05) is 30.3 Å². The number of ether oxygens (including phenoxy) is 1. The van der Waals surface area contributed by atoms with Gasteiger partial charge in [0.25, 0.3) is 10.0 Å². The van der Waals surface area contributed by atoms with E-state index in [9.17, 15) is 8.42 Å². The van der Waals surface area contributed by atoms with Gasteiger partial charge in [-0.15, -0.1) is 0 Å². The number of fused-ring (bicyclic) bond motifs is 1. The lowest BCUT2D eigenvalue weighted by molar-refractivity contribution is 0.0490. The van der Waals surface area contributed by atoms with Crippen LogP contribution in [0.15, 0.2) is 65.7 Å². The fourth-order valence-electron chi connectivity index (χ4n) is 3.49. The summed E-state index contributed by atoms with van der Waals surface area (Å²) in [6.07, 6.45) is 2.90. The van der Waals surface area contributed by atoms with Gasteiger partial charge in [0, 0.05) is 24.7 Å². The minimum Gasteiger partial charge on any atom is -0.372 e. The largest absolute Gasteiger partial charge is 0.372 e. The molecule has 0 spiro atoms. The number of likely N-dealkylation sites (tertiary alicyclic amines) is 1. The minimum atomic E-state index is -3.61. The molecular weight excluding hydrogens is 348 g/mol. The van der Waals surface area contributed by atoms with Gasteiger partial charge in [0.2, 0.25) is 0 Å². The van der Waals surface area contributed by atoms with Gasteiger partial charge >= 0.3 is 0 Å². The van der Waals surface area contributed by atoms with Crippen LogP contribution in [0, 0.1) is 0 Å². The monoisotopic (exact) mass is 370 g/mol. The van der Waals surface area contributed by atoms with Gasteiger partial charge in [0.1, 0.15) is 0 Å². The maximum atomic E-state index is 12.9. The van der Waals surface area contributed by atoms with Gasteiger partial charge in [0.05, 0.1) is 23.1 Å². The summed E-state index contributed by atoms with van der Waals surface area (Å²) in [5.74, 6) is 0. The first-order valence-corrected chi connectivity index (χ1v) is 10.2. The molecule has 1 aliphatic heterocycles. The van der Waals surface area contributed by atoms with Gasteiger partial charge in [-0.2, -0.15) is 0 Å². The molecule has 0 bridgehead atoms. The molecule has 136 valence electrons. The highest BCUT2D eigenvalue weighted by Crippen LogP contribution is 2.26. The summed E-state index contributed by atoms with van der Waals surface area (Å²) in [6.45, 7) is 2.49. The smallest absolute Gasteiger partial charge is 0.268 e. The van der Waals surface area contributed by atoms with E-state index in [1.165, 1.54) is 3.97 Å². The van der Waals surface area contributed by atoms with Gasteiger partial charge in [-0.3, -0.25) is 0 Å². The zero-order valence-electron chi connectivity index (χ0n) is 14.7. The highest BCUT2D eigenvalue weighted by molar-refractivity contribution is 7.90. The second-order valence-corrected chi connectivity index (χ2v) is 8.58. The van der Waals surface area contributed by atoms with Crippen molar-refractivity contribution >= 4 is 20.9 Å². The third-order valence-corrected chi connectivity index (χ3v) is 6.61. The Labute approximate surface area is 153 Å². The Bertz CT molecular complexity index is 1010. The summed E-state index contributed by atoms with van der Waals surface area (Å²) < 4.78 is 33.3. The molecule has 0 saturated carbocycles. The first-order chi connectivity index (χ1) is 12.6. The van der Waals surface area contributed by atoms with E-state index in [-0.39, 0.29) is 11.0 Å². The molecule has 4 rings (SSSR count). The molecule has 2 heterocycles. The van der Waals surface area contributed by atoms with Crippen LogP contribution in [0.25, 0.3) is 10.9 Å². The summed E-state index contributed by atoms with van der Waals surface area (Å²) in [5, 5.41) is 0.915. The normalized spacial score (nSPS) is 18.6. The summed E-state index contributed by atoms with van der Waals surface area (Å²) in [4.78, 5) is 2.54. The second-order valence-electron chi connectivity index (χ2n) is 6.76. The quantitative estimate of drug-likeness (QED) is 0.693. The number of nitrogens with zero attached hydrogens (tertiary/aromatic N) is 2. The Morgan fingerprint density at radius 3 is 2.62 bits per heavy atom. The Hall–Kier alpha value is -2.15. The number of likely N-dealkylation sites (N-methyl/N-ethyl adjacent to an activating group) is 1. The van der Waals surface area contributed by atoms with Crippen molar-refractivity contribution < 1.29 is 13.2 Å². The summed E-state index contributed by atoms with van der Waals surface area (Å²) >= 11 is 0. The third-order valence-electron chi connectivity index (χ3n) is 4.91. The fourth-order valence-corrected chi connectivity index (χ4v) is 4.85. The van der Waals surface area contributed by atoms with Crippen molar-refractivity contribution in [3.8, 4) is 0 Å². The zero-order chi connectivity index (χ0) is 18.1. The molecule has 0 amide bonds. The Morgan fingerprint density at radius 2 is 1.88 bits per heavy atom. The average molecular weight is 370 g/mol. The van der Waals surface area contributed by atoms with E-state index in [4.69, 9.17) is 4.74 Å². The minimum absolute atomic E-state index is 0.241. The van der Waals surface area contributed by atoms with Crippen LogP contribution in [0.4, 0.5) is 0 Å². The highest BCUT2D eigenvalue weighted by atomic mass is 32.2. The van der Waals surface area contributed by atoms with Crippen LogP contribution < -0.4 is 0 Å². The number of hydrogen-bond donors (Lipinski definition) is 0. The molecule has 26 heavy (non-hydrogen) atoms. The van der Waals surface area contributed by atoms with Crippen LogP contribution in [-0.2, 0) is 21.4 Å². The zero-order valence-corrected chi connectivity index (χ0v) is 15.5. The molecule has 0 aliphatic carbocycles. The number of hydrogen-bond acceptors (Lipinski definition) is 4. The Balaban J connectivity index is 1.65. The SMILES string of the molecule is CN1CCC(OCc2cccc3c2ccn3S(=O)(=O)c2ccccc2)C1. The Kier molecular flexibility index (Phi) is 4.56. The predicted octanol–water partition coefficient (Wildman–Crippen LogP) is 3.10. The van der Waals surface area contributed by atoms with E-state index >= 15 is 0 Å². The summed E-state index contributed by atoms with van der Waals surface area (Å²) in [7, 11) is -1.51. The molecule has 1 fully saturated rings. The van der Waals surface area contributed by atoms with Crippen molar-refractivity contribution in [2.75, 3.05) is 20.1 Å². The lowest BCUT2D eigenvalue weighted by Gasteiger charge is -2.13. The molecule has 1 saturated heterocycles. The summed E-state index contributed by atoms with van der Waals surface area (Å²) in [5.41, 5.74) is 1.69. The van der Waals surface area contributed by atoms with Gasteiger partial charge in [-0.1, -0.05) is 30.3 Å². The van der Waals surface area contributed by atoms with E-state index in [2.05, 4.69) is 11.9 Å². The molecule has 0 radical (unpaired) electrons. The predicted molar refractivity (Wildman–Crippen MR) is 102 cm³/mol. The third kappa shape index (κ3) is 3.16. The molecule has 5 nitrogen and oxygen atoms in total. The first-order valence-electron chi connectivity index (χ1n) is 8.75. The number of rotatable bonds is 5. The van der Waals surface area contributed by atoms with Crippen molar-refractivity contribution in [3.63, 3.8) is 0 Å². The van der Waals surface area contributed by atoms with Crippen molar-refractivity contribution in [1.29, 1.82) is 0 Å². The van der Waals surface area contributed by atoms with Crippen LogP contribution in [-0.4, -0.2) is 43.5 Å². The van der Waals surface area contributed by atoms with Crippen LogP contribution in [0.1, 0.15) is 12.0 Å². The molecule has 6 heteroatoms. The van der Waals surface area contributed by atoms with Crippen molar-refractivity contribution in [2.45, 2.75) is 24.0 Å². The van der Waals surface area contributed by atoms with E-state index in [0.29, 0.717) is 12.1 Å². The standard InChI is InChI=1S/C20H22N2O3S/c1-21-12-10-17(14-21)25-15-16-6-5-9-20-19(16)11-13-22(20)26(23,24)18-7-3-2-4-8-18/h2-9,11,13,17H,10,12,14-15H2,1H3. The second kappa shape index (κ2) is 6.87. The first kappa shape index (κ1) is 17.3. The van der Waals surface area contributed by atoms with Crippen LogP contribution in [0.5, 0.6) is 0 Å². The topological polar surface area (TPSA) is 51.5 Å². The fraction of sp³-hybridized carbons (Fsp3) is 0.300. The van der Waals surface area contributed by atoms with Crippen LogP contribution in [0.2, 0.25) is 0 Å². The average Bonchev–Trinajstić information content (AvgIpc) is 3.27. The lowest BCUT2D eigenvalue weighted by Crippen LogP contribution is -2.19. The molecule has 1 unspecified atom stereocenters. The van der Waals surface area contributed by atoms with Crippen molar-refractivity contribution in [3.05, 3.63) is 66.4 Å². The molecule has 0 N–H and O–H groups in total. The number of aromatic nitrogens is 1. The Morgan fingerprint density at radius 1 is 1.08 bits per heavy atom. The maximum Gasteiger partial charge on any atom is 0.268 e. The molecule has 1 aromatic heterocycles. The van der Waals surface area contributed by atoms with Crippen molar-refractivity contribution in [1.82, 2.24) is 8.87 Å². The highest BCUT2D eigenvalue weighted by Gasteiger charge is 2.21. The van der Waals surface area contributed by atoms with Gasteiger partial charge in [-0.05, 0) is 43.3 Å². The molecule has 1 atom stereocenters. The molecular formula is C20H22N2O3S. The van der Waals surface area contributed by atoms with Gasteiger partial charge in [-0.25, -0.2) is 12.4 Å². The van der Waals surface area contributed by atoms with Gasteiger partial charge in [0.15, 0.2) is 0 Å². The maximum absolute atomic E-state index is 12.9. The van der Waals surface area contributed by atoms with E-state index in [1.54, 1.807) is 30.5 Å². The molecule has 2 aromatic carbocycles. The van der Waals surface area contributed by atoms with Crippen molar-refractivity contribution in [2.24, 2.45) is 0 Å². The van der Waals surface area contributed by atoms with E-state index in [0.717, 1.165) is 30.5 Å². The summed E-state index contributed by atoms with van der Waals surface area (Å²) in [6, 6.07) is 16.1. The molecule has 1 aliphatic rings.